The van der Waals surface area contributed by atoms with Crippen LogP contribution in [0.5, 0.6) is 0 Å². The molecule has 0 fully saturated rings. The first-order valence-corrected chi connectivity index (χ1v) is 10.1. The molecule has 0 heterocycles. The summed E-state index contributed by atoms with van der Waals surface area (Å²) in [6.45, 7) is 17.6. The van der Waals surface area contributed by atoms with Gasteiger partial charge in [-0.3, -0.25) is 4.79 Å². The van der Waals surface area contributed by atoms with Crippen LogP contribution in [-0.2, 0) is 19.0 Å². The first-order chi connectivity index (χ1) is 12.1. The molecule has 1 amide bonds. The second kappa shape index (κ2) is 14.4. The van der Waals surface area contributed by atoms with Gasteiger partial charge in [-0.05, 0) is 30.1 Å². The molecule has 0 bridgehead atoms. The van der Waals surface area contributed by atoms with Gasteiger partial charge in [0.2, 0.25) is 5.91 Å². The zero-order valence-corrected chi connectivity index (χ0v) is 18.1. The molecule has 156 valence electrons. The summed E-state index contributed by atoms with van der Waals surface area (Å²) in [7, 11) is 0. The van der Waals surface area contributed by atoms with E-state index in [4.69, 9.17) is 14.2 Å². The van der Waals surface area contributed by atoms with Crippen molar-refractivity contribution in [2.45, 2.75) is 73.6 Å². The van der Waals surface area contributed by atoms with Crippen molar-refractivity contribution in [1.82, 2.24) is 5.32 Å². The van der Waals surface area contributed by atoms with Gasteiger partial charge in [-0.25, -0.2) is 0 Å². The van der Waals surface area contributed by atoms with Crippen molar-refractivity contribution in [3.8, 4) is 0 Å². The summed E-state index contributed by atoms with van der Waals surface area (Å²) in [5, 5.41) is 2.94. The van der Waals surface area contributed by atoms with Crippen LogP contribution in [0.4, 0.5) is 0 Å². The summed E-state index contributed by atoms with van der Waals surface area (Å²) in [6.07, 6.45) is 4.84. The second-order valence-electron chi connectivity index (χ2n) is 9.27. The number of amides is 1. The van der Waals surface area contributed by atoms with Gasteiger partial charge in [-0.15, -0.1) is 0 Å². The molecule has 0 rings (SSSR count). The summed E-state index contributed by atoms with van der Waals surface area (Å²) in [6, 6.07) is 0. The molecular formula is C21H43NO4. The van der Waals surface area contributed by atoms with Crippen LogP contribution in [0.2, 0.25) is 0 Å². The number of hydrogen-bond donors (Lipinski definition) is 1. The first-order valence-electron chi connectivity index (χ1n) is 10.1. The predicted octanol–water partition coefficient (Wildman–Crippen LogP) is 4.20. The number of carbonyl (C=O) groups is 1. The average Bonchev–Trinajstić information content (AvgIpc) is 2.50. The molecule has 0 aromatic carbocycles. The van der Waals surface area contributed by atoms with E-state index >= 15 is 0 Å². The zero-order chi connectivity index (χ0) is 19.9. The van der Waals surface area contributed by atoms with Gasteiger partial charge in [0.1, 0.15) is 0 Å². The van der Waals surface area contributed by atoms with Crippen LogP contribution < -0.4 is 5.32 Å². The van der Waals surface area contributed by atoms with Crippen molar-refractivity contribution in [2.75, 3.05) is 46.2 Å². The maximum absolute atomic E-state index is 11.7. The standard InChI is InChI=1S/C21H43NO4/c1-20(2,3)10-7-8-12-22-19(23)9-13-24-15-17-26-18-16-25-14-11-21(4,5)6/h7-18H2,1-6H3,(H,22,23). The van der Waals surface area contributed by atoms with Crippen LogP contribution in [-0.4, -0.2) is 52.1 Å². The number of ether oxygens (including phenoxy) is 3. The van der Waals surface area contributed by atoms with Gasteiger partial charge in [-0.2, -0.15) is 0 Å². The Morgan fingerprint density at radius 3 is 1.73 bits per heavy atom. The normalized spacial score (nSPS) is 12.4. The van der Waals surface area contributed by atoms with E-state index in [9.17, 15) is 4.79 Å². The van der Waals surface area contributed by atoms with Crippen LogP contribution >= 0.6 is 0 Å². The molecule has 0 aliphatic rings. The first kappa shape index (κ1) is 25.4. The Morgan fingerprint density at radius 1 is 0.692 bits per heavy atom. The van der Waals surface area contributed by atoms with Crippen LogP contribution in [0.3, 0.4) is 0 Å². The lowest BCUT2D eigenvalue weighted by atomic mass is 9.90. The Balaban J connectivity index is 3.26. The van der Waals surface area contributed by atoms with Crippen molar-refractivity contribution >= 4 is 5.91 Å². The van der Waals surface area contributed by atoms with E-state index < -0.39 is 0 Å². The average molecular weight is 374 g/mol. The van der Waals surface area contributed by atoms with E-state index in [1.807, 2.05) is 0 Å². The molecule has 0 spiro atoms. The SMILES string of the molecule is CC(C)(C)CCCCNC(=O)CCOCCOCCOCCC(C)(C)C. The summed E-state index contributed by atoms with van der Waals surface area (Å²) in [5.74, 6) is 0.0638. The highest BCUT2D eigenvalue weighted by Gasteiger charge is 2.09. The van der Waals surface area contributed by atoms with E-state index in [1.54, 1.807) is 0 Å². The van der Waals surface area contributed by atoms with Crippen molar-refractivity contribution in [3.63, 3.8) is 0 Å². The second-order valence-corrected chi connectivity index (χ2v) is 9.27. The van der Waals surface area contributed by atoms with Crippen LogP contribution in [0.25, 0.3) is 0 Å². The molecule has 0 aromatic rings. The van der Waals surface area contributed by atoms with Gasteiger partial charge in [0.25, 0.3) is 0 Å². The van der Waals surface area contributed by atoms with Crippen molar-refractivity contribution in [3.05, 3.63) is 0 Å². The molecule has 26 heavy (non-hydrogen) atoms. The van der Waals surface area contributed by atoms with Gasteiger partial charge in [0.15, 0.2) is 0 Å². The lowest BCUT2D eigenvalue weighted by Gasteiger charge is -2.17. The van der Waals surface area contributed by atoms with E-state index in [0.717, 1.165) is 32.4 Å². The van der Waals surface area contributed by atoms with Crippen LogP contribution in [0.1, 0.15) is 73.6 Å². The maximum atomic E-state index is 11.7. The number of carbonyl (C=O) groups excluding carboxylic acids is 1. The number of unbranched alkanes of at least 4 members (excludes halogenated alkanes) is 1. The Hall–Kier alpha value is -0.650. The Labute approximate surface area is 161 Å². The fourth-order valence-corrected chi connectivity index (χ4v) is 2.18. The van der Waals surface area contributed by atoms with Gasteiger partial charge >= 0.3 is 0 Å². The highest BCUT2D eigenvalue weighted by Crippen LogP contribution is 2.21. The van der Waals surface area contributed by atoms with Gasteiger partial charge in [0, 0.05) is 19.6 Å². The van der Waals surface area contributed by atoms with Crippen molar-refractivity contribution in [1.29, 1.82) is 0 Å². The Kier molecular flexibility index (Phi) is 14.1. The minimum absolute atomic E-state index is 0.0638. The third kappa shape index (κ3) is 21.4. The highest BCUT2D eigenvalue weighted by molar-refractivity contribution is 5.75. The van der Waals surface area contributed by atoms with Crippen molar-refractivity contribution < 1.29 is 19.0 Å². The Morgan fingerprint density at radius 2 is 1.19 bits per heavy atom. The molecule has 0 saturated heterocycles. The van der Waals surface area contributed by atoms with Crippen LogP contribution in [0, 0.1) is 10.8 Å². The molecule has 5 heteroatoms. The quantitative estimate of drug-likeness (QED) is 0.437. The van der Waals surface area contributed by atoms with E-state index in [-0.39, 0.29) is 5.91 Å². The van der Waals surface area contributed by atoms with Gasteiger partial charge < -0.3 is 19.5 Å². The number of nitrogens with one attached hydrogen (secondary N) is 1. The minimum Gasteiger partial charge on any atom is -0.379 e. The molecule has 0 aromatic heterocycles. The lowest BCUT2D eigenvalue weighted by Crippen LogP contribution is -2.25. The molecule has 0 saturated carbocycles. The Bertz CT molecular complexity index is 345. The van der Waals surface area contributed by atoms with Crippen LogP contribution in [0.15, 0.2) is 0 Å². The third-order valence-corrected chi connectivity index (χ3v) is 3.89. The molecule has 1 N–H and O–H groups in total. The molecule has 5 nitrogen and oxygen atoms in total. The summed E-state index contributed by atoms with van der Waals surface area (Å²) in [5.41, 5.74) is 0.686. The molecular weight excluding hydrogens is 330 g/mol. The summed E-state index contributed by atoms with van der Waals surface area (Å²) >= 11 is 0. The summed E-state index contributed by atoms with van der Waals surface area (Å²) < 4.78 is 16.4. The molecule has 0 atom stereocenters. The molecule has 0 aliphatic carbocycles. The smallest absolute Gasteiger partial charge is 0.222 e. The zero-order valence-electron chi connectivity index (χ0n) is 18.1. The minimum atomic E-state index is 0.0638. The van der Waals surface area contributed by atoms with E-state index in [0.29, 0.717) is 50.3 Å². The fourth-order valence-electron chi connectivity index (χ4n) is 2.18. The predicted molar refractivity (Wildman–Crippen MR) is 107 cm³/mol. The third-order valence-electron chi connectivity index (χ3n) is 3.89. The number of hydrogen-bond acceptors (Lipinski definition) is 4. The fraction of sp³-hybridized carbons (Fsp3) is 0.952. The largest absolute Gasteiger partial charge is 0.379 e. The van der Waals surface area contributed by atoms with Gasteiger partial charge in [-0.1, -0.05) is 48.0 Å². The topological polar surface area (TPSA) is 56.8 Å². The highest BCUT2D eigenvalue weighted by atomic mass is 16.5. The van der Waals surface area contributed by atoms with Gasteiger partial charge in [0.05, 0.1) is 33.0 Å². The summed E-state index contributed by atoms with van der Waals surface area (Å²) in [4.78, 5) is 11.7. The monoisotopic (exact) mass is 373 g/mol. The van der Waals surface area contributed by atoms with E-state index in [2.05, 4.69) is 46.9 Å². The molecule has 0 unspecified atom stereocenters. The maximum Gasteiger partial charge on any atom is 0.222 e. The molecule has 0 aliphatic heterocycles. The number of rotatable bonds is 15. The van der Waals surface area contributed by atoms with Crippen molar-refractivity contribution in [2.24, 2.45) is 10.8 Å². The molecule has 0 radical (unpaired) electrons. The van der Waals surface area contributed by atoms with E-state index in [1.165, 1.54) is 6.42 Å². The lowest BCUT2D eigenvalue weighted by molar-refractivity contribution is -0.122.